The lowest BCUT2D eigenvalue weighted by Gasteiger charge is -2.34. The molecule has 4 rings (SSSR count). The van der Waals surface area contributed by atoms with Gasteiger partial charge in [0.15, 0.2) is 0 Å². The molecule has 5 nitrogen and oxygen atoms in total. The highest BCUT2D eigenvalue weighted by Gasteiger charge is 2.21. The van der Waals surface area contributed by atoms with Crippen LogP contribution in [-0.2, 0) is 17.8 Å². The fourth-order valence-corrected chi connectivity index (χ4v) is 4.21. The highest BCUT2D eigenvalue weighted by Crippen LogP contribution is 2.19. The molecule has 1 N–H and O–H groups in total. The van der Waals surface area contributed by atoms with E-state index in [1.807, 2.05) is 30.2 Å². The van der Waals surface area contributed by atoms with Gasteiger partial charge >= 0.3 is 0 Å². The van der Waals surface area contributed by atoms with Crippen LogP contribution in [0.3, 0.4) is 0 Å². The number of carbonyl (C=O) groups excluding carboxylic acids is 1. The van der Waals surface area contributed by atoms with Crippen LogP contribution in [0.1, 0.15) is 22.7 Å². The van der Waals surface area contributed by atoms with E-state index in [9.17, 15) is 4.79 Å². The van der Waals surface area contributed by atoms with Gasteiger partial charge in [-0.2, -0.15) is 0 Å². The van der Waals surface area contributed by atoms with Crippen molar-refractivity contribution in [1.29, 1.82) is 0 Å². The molecule has 3 aromatic rings. The molecule has 26 heavy (non-hydrogen) atoms. The molecular formula is C20H24N4OS. The van der Waals surface area contributed by atoms with Gasteiger partial charge in [0, 0.05) is 61.6 Å². The van der Waals surface area contributed by atoms with Crippen molar-refractivity contribution in [1.82, 2.24) is 19.8 Å². The SMILES string of the molecule is Cc1nc(CN2CCN(C(=O)CCc3c[nH]c4ccccc34)CC2)cs1. The standard InChI is InChI=1S/C20H24N4OS/c1-15-22-17(14-26-15)13-23-8-10-24(11-9-23)20(25)7-6-16-12-21-19-5-3-2-4-18(16)19/h2-5,12,14,21H,6-11,13H2,1H3. The molecule has 6 heteroatoms. The maximum atomic E-state index is 12.6. The second-order valence-electron chi connectivity index (χ2n) is 6.87. The molecule has 1 aliphatic heterocycles. The molecule has 1 aromatic carbocycles. The van der Waals surface area contributed by atoms with Crippen molar-refractivity contribution in [2.24, 2.45) is 0 Å². The highest BCUT2D eigenvalue weighted by atomic mass is 32.1. The Morgan fingerprint density at radius 3 is 2.81 bits per heavy atom. The number of fused-ring (bicyclic) bond motifs is 1. The Morgan fingerprint density at radius 2 is 2.04 bits per heavy atom. The number of H-pyrrole nitrogens is 1. The second-order valence-corrected chi connectivity index (χ2v) is 7.94. The number of nitrogens with one attached hydrogen (secondary N) is 1. The molecule has 0 bridgehead atoms. The van der Waals surface area contributed by atoms with E-state index in [0.717, 1.165) is 55.4 Å². The minimum absolute atomic E-state index is 0.263. The highest BCUT2D eigenvalue weighted by molar-refractivity contribution is 7.09. The minimum atomic E-state index is 0.263. The van der Waals surface area contributed by atoms with Crippen molar-refractivity contribution in [3.63, 3.8) is 0 Å². The quantitative estimate of drug-likeness (QED) is 0.752. The van der Waals surface area contributed by atoms with Crippen LogP contribution in [0, 0.1) is 6.92 Å². The summed E-state index contributed by atoms with van der Waals surface area (Å²) < 4.78 is 0. The van der Waals surface area contributed by atoms with Crippen LogP contribution in [0.2, 0.25) is 0 Å². The summed E-state index contributed by atoms with van der Waals surface area (Å²) >= 11 is 1.70. The number of carbonyl (C=O) groups is 1. The van der Waals surface area contributed by atoms with E-state index in [4.69, 9.17) is 0 Å². The Hall–Kier alpha value is -2.18. The average Bonchev–Trinajstić information content (AvgIpc) is 3.26. The van der Waals surface area contributed by atoms with Gasteiger partial charge in [-0.25, -0.2) is 4.98 Å². The number of nitrogens with zero attached hydrogens (tertiary/aromatic N) is 3. The molecule has 1 fully saturated rings. The van der Waals surface area contributed by atoms with Gasteiger partial charge in [-0.15, -0.1) is 11.3 Å². The summed E-state index contributed by atoms with van der Waals surface area (Å²) in [6.07, 6.45) is 3.40. The normalized spacial score (nSPS) is 15.7. The summed E-state index contributed by atoms with van der Waals surface area (Å²) in [5.74, 6) is 0.263. The predicted octanol–water partition coefficient (Wildman–Crippen LogP) is 3.21. The van der Waals surface area contributed by atoms with Gasteiger partial charge in [-0.05, 0) is 25.0 Å². The molecule has 136 valence electrons. The number of hydrogen-bond donors (Lipinski definition) is 1. The van der Waals surface area contributed by atoms with E-state index < -0.39 is 0 Å². The Bertz CT molecular complexity index is 892. The minimum Gasteiger partial charge on any atom is -0.361 e. The smallest absolute Gasteiger partial charge is 0.222 e. The van der Waals surface area contributed by atoms with Crippen LogP contribution in [0.25, 0.3) is 10.9 Å². The number of piperazine rings is 1. The van der Waals surface area contributed by atoms with E-state index in [1.54, 1.807) is 11.3 Å². The molecule has 0 aliphatic carbocycles. The van der Waals surface area contributed by atoms with Crippen molar-refractivity contribution in [3.05, 3.63) is 52.1 Å². The third kappa shape index (κ3) is 3.81. The zero-order valence-corrected chi connectivity index (χ0v) is 15.9. The molecule has 0 saturated carbocycles. The van der Waals surface area contributed by atoms with Gasteiger partial charge in [0.05, 0.1) is 10.7 Å². The molecule has 0 unspecified atom stereocenters. The van der Waals surface area contributed by atoms with Crippen LogP contribution in [-0.4, -0.2) is 51.9 Å². The van der Waals surface area contributed by atoms with Crippen molar-refractivity contribution < 1.29 is 4.79 Å². The summed E-state index contributed by atoms with van der Waals surface area (Å²) in [6, 6.07) is 8.26. The number of benzene rings is 1. The van der Waals surface area contributed by atoms with Crippen molar-refractivity contribution in [3.8, 4) is 0 Å². The molecule has 0 spiro atoms. The topological polar surface area (TPSA) is 52.2 Å². The van der Waals surface area contributed by atoms with Gasteiger partial charge in [0.25, 0.3) is 0 Å². The largest absolute Gasteiger partial charge is 0.361 e. The molecule has 1 saturated heterocycles. The van der Waals surface area contributed by atoms with Crippen LogP contribution in [0.4, 0.5) is 0 Å². The Labute approximate surface area is 157 Å². The number of amides is 1. The third-order valence-electron chi connectivity index (χ3n) is 5.06. The first-order valence-corrected chi connectivity index (χ1v) is 10.0. The number of rotatable bonds is 5. The van der Waals surface area contributed by atoms with E-state index >= 15 is 0 Å². The summed E-state index contributed by atoms with van der Waals surface area (Å²) in [5, 5.41) is 4.48. The lowest BCUT2D eigenvalue weighted by Crippen LogP contribution is -2.48. The van der Waals surface area contributed by atoms with E-state index in [1.165, 1.54) is 10.9 Å². The molecule has 0 atom stereocenters. The van der Waals surface area contributed by atoms with Crippen molar-refractivity contribution in [2.75, 3.05) is 26.2 Å². The van der Waals surface area contributed by atoms with Gasteiger partial charge in [0.1, 0.15) is 0 Å². The lowest BCUT2D eigenvalue weighted by atomic mass is 10.1. The van der Waals surface area contributed by atoms with Crippen LogP contribution in [0.15, 0.2) is 35.8 Å². The fourth-order valence-electron chi connectivity index (χ4n) is 3.60. The van der Waals surface area contributed by atoms with E-state index in [0.29, 0.717) is 6.42 Å². The Morgan fingerprint density at radius 1 is 1.23 bits per heavy atom. The molecule has 3 heterocycles. The first-order valence-electron chi connectivity index (χ1n) is 9.15. The zero-order valence-electron chi connectivity index (χ0n) is 15.1. The zero-order chi connectivity index (χ0) is 17.9. The van der Waals surface area contributed by atoms with E-state index in [2.05, 4.69) is 32.4 Å². The van der Waals surface area contributed by atoms with E-state index in [-0.39, 0.29) is 5.91 Å². The first kappa shape index (κ1) is 17.2. The maximum absolute atomic E-state index is 12.6. The molecule has 2 aromatic heterocycles. The number of hydrogen-bond acceptors (Lipinski definition) is 4. The number of aromatic nitrogens is 2. The molecular weight excluding hydrogens is 344 g/mol. The molecule has 0 radical (unpaired) electrons. The van der Waals surface area contributed by atoms with Crippen LogP contribution in [0.5, 0.6) is 0 Å². The Balaban J connectivity index is 1.27. The molecule has 1 aliphatic rings. The van der Waals surface area contributed by atoms with Gasteiger partial charge in [0.2, 0.25) is 5.91 Å². The van der Waals surface area contributed by atoms with Gasteiger partial charge in [-0.3, -0.25) is 9.69 Å². The van der Waals surface area contributed by atoms with Crippen LogP contribution < -0.4 is 0 Å². The summed E-state index contributed by atoms with van der Waals surface area (Å²) in [5.41, 5.74) is 3.51. The fraction of sp³-hybridized carbons (Fsp3) is 0.400. The van der Waals surface area contributed by atoms with Crippen LogP contribution >= 0.6 is 11.3 Å². The van der Waals surface area contributed by atoms with Gasteiger partial charge in [-0.1, -0.05) is 18.2 Å². The van der Waals surface area contributed by atoms with Gasteiger partial charge < -0.3 is 9.88 Å². The van der Waals surface area contributed by atoms with Crippen molar-refractivity contribution in [2.45, 2.75) is 26.3 Å². The summed E-state index contributed by atoms with van der Waals surface area (Å²) in [6.45, 7) is 6.41. The Kier molecular flexibility index (Phi) is 5.04. The maximum Gasteiger partial charge on any atom is 0.222 e. The van der Waals surface area contributed by atoms with Crippen molar-refractivity contribution >= 4 is 28.1 Å². The summed E-state index contributed by atoms with van der Waals surface area (Å²) in [4.78, 5) is 24.8. The second kappa shape index (κ2) is 7.60. The number of thiazole rings is 1. The predicted molar refractivity (Wildman–Crippen MR) is 105 cm³/mol. The summed E-state index contributed by atoms with van der Waals surface area (Å²) in [7, 11) is 0. The average molecular weight is 369 g/mol. The number of para-hydroxylation sites is 1. The first-order chi connectivity index (χ1) is 12.7. The lowest BCUT2D eigenvalue weighted by molar-refractivity contribution is -0.132. The number of aromatic amines is 1. The molecule has 1 amide bonds. The third-order valence-corrected chi connectivity index (χ3v) is 5.88. The monoisotopic (exact) mass is 368 g/mol. The number of aryl methyl sites for hydroxylation is 2.